The minimum atomic E-state index is -0.750. The van der Waals surface area contributed by atoms with Crippen molar-refractivity contribution >= 4 is 23.6 Å². The predicted octanol–water partition coefficient (Wildman–Crippen LogP) is 2.98. The number of aliphatic carboxylic acids is 1. The Balaban J connectivity index is 1.46. The van der Waals surface area contributed by atoms with Crippen LogP contribution in [0.15, 0.2) is 24.3 Å². The van der Waals surface area contributed by atoms with Crippen LogP contribution in [-0.4, -0.2) is 59.6 Å². The van der Waals surface area contributed by atoms with Crippen LogP contribution in [0, 0.1) is 11.3 Å². The van der Waals surface area contributed by atoms with Crippen LogP contribution < -0.4 is 5.32 Å². The Morgan fingerprint density at radius 1 is 1.26 bits per heavy atom. The Morgan fingerprint density at radius 2 is 2.00 bits per heavy atom. The van der Waals surface area contributed by atoms with Gasteiger partial charge in [-0.15, -0.1) is 0 Å². The van der Waals surface area contributed by atoms with E-state index < -0.39 is 11.4 Å². The molecule has 2 amide bonds. The lowest BCUT2D eigenvalue weighted by Gasteiger charge is -2.29. The predicted molar refractivity (Wildman–Crippen MR) is 103 cm³/mol. The standard InChI is InChI=1S/C20H26ClN3O3/c1-23-10-8-16(17(23)13-4-6-15(21)7-5-13)22-19(27)24-11-14-3-2-9-20(14,12-24)18(25)26/h4-7,14,16-17H,2-3,8-12H2,1H3,(H,22,27)(H,25,26)/t14-,16?,17?,20+/m0/s1. The number of rotatable bonds is 3. The molecule has 1 aromatic rings. The number of carboxylic acids is 1. The number of carbonyl (C=O) groups is 2. The third-order valence-electron chi connectivity index (χ3n) is 6.75. The second kappa shape index (κ2) is 6.99. The summed E-state index contributed by atoms with van der Waals surface area (Å²) in [5.74, 6) is -0.668. The van der Waals surface area contributed by atoms with E-state index in [-0.39, 0.29) is 24.0 Å². The molecule has 2 heterocycles. The van der Waals surface area contributed by atoms with Crippen LogP contribution in [0.2, 0.25) is 5.02 Å². The van der Waals surface area contributed by atoms with Gasteiger partial charge in [-0.05, 0) is 49.9 Å². The molecule has 2 N–H and O–H groups in total. The molecule has 4 rings (SSSR count). The highest BCUT2D eigenvalue weighted by Gasteiger charge is 2.56. The van der Waals surface area contributed by atoms with Crippen molar-refractivity contribution in [2.45, 2.75) is 37.8 Å². The summed E-state index contributed by atoms with van der Waals surface area (Å²) in [5, 5.41) is 13.6. The molecule has 0 bridgehead atoms. The minimum absolute atomic E-state index is 0.00453. The zero-order valence-corrected chi connectivity index (χ0v) is 16.3. The van der Waals surface area contributed by atoms with Gasteiger partial charge in [-0.3, -0.25) is 9.69 Å². The molecule has 0 aromatic heterocycles. The van der Waals surface area contributed by atoms with E-state index in [1.54, 1.807) is 4.90 Å². The van der Waals surface area contributed by atoms with Gasteiger partial charge in [0, 0.05) is 24.7 Å². The van der Waals surface area contributed by atoms with E-state index in [2.05, 4.69) is 17.3 Å². The maximum Gasteiger partial charge on any atom is 0.317 e. The zero-order chi connectivity index (χ0) is 19.2. The number of fused-ring (bicyclic) bond motifs is 1. The third kappa shape index (κ3) is 3.19. The maximum absolute atomic E-state index is 12.9. The van der Waals surface area contributed by atoms with Crippen LogP contribution in [0.1, 0.15) is 37.3 Å². The van der Waals surface area contributed by atoms with Crippen LogP contribution in [-0.2, 0) is 4.79 Å². The SMILES string of the molecule is CN1CCC(NC(=O)N2C[C@@H]3CCC[C@@]3(C(=O)O)C2)C1c1ccc(Cl)cc1. The number of carboxylic acid groups (broad SMARTS) is 1. The van der Waals surface area contributed by atoms with Crippen LogP contribution in [0.4, 0.5) is 4.79 Å². The summed E-state index contributed by atoms with van der Waals surface area (Å²) < 4.78 is 0. The van der Waals surface area contributed by atoms with Gasteiger partial charge in [-0.1, -0.05) is 30.2 Å². The van der Waals surface area contributed by atoms with Crippen LogP contribution in [0.25, 0.3) is 0 Å². The van der Waals surface area contributed by atoms with Gasteiger partial charge < -0.3 is 15.3 Å². The number of likely N-dealkylation sites (tertiary alicyclic amines) is 2. The first-order valence-corrected chi connectivity index (χ1v) is 10.0. The van der Waals surface area contributed by atoms with E-state index in [1.807, 2.05) is 24.3 Å². The molecular formula is C20H26ClN3O3. The lowest BCUT2D eigenvalue weighted by atomic mass is 9.81. The number of nitrogens with zero attached hydrogens (tertiary/aromatic N) is 2. The summed E-state index contributed by atoms with van der Waals surface area (Å²) in [5.41, 5.74) is 0.393. The number of hydrogen-bond acceptors (Lipinski definition) is 3. The largest absolute Gasteiger partial charge is 0.481 e. The summed E-state index contributed by atoms with van der Waals surface area (Å²) in [7, 11) is 2.06. The summed E-state index contributed by atoms with van der Waals surface area (Å²) >= 11 is 6.01. The van der Waals surface area contributed by atoms with Gasteiger partial charge in [-0.2, -0.15) is 0 Å². The summed E-state index contributed by atoms with van der Waals surface area (Å²) in [4.78, 5) is 28.7. The molecule has 3 aliphatic rings. The van der Waals surface area contributed by atoms with E-state index in [0.29, 0.717) is 24.5 Å². The molecule has 1 saturated carbocycles. The topological polar surface area (TPSA) is 72.9 Å². The average Bonchev–Trinajstić information content (AvgIpc) is 3.29. The number of nitrogens with one attached hydrogen (secondary N) is 1. The van der Waals surface area contributed by atoms with Gasteiger partial charge in [0.05, 0.1) is 17.5 Å². The van der Waals surface area contributed by atoms with Crippen LogP contribution in [0.5, 0.6) is 0 Å². The van der Waals surface area contributed by atoms with Crippen molar-refractivity contribution < 1.29 is 14.7 Å². The number of benzene rings is 1. The van der Waals surface area contributed by atoms with Crippen molar-refractivity contribution in [3.05, 3.63) is 34.9 Å². The van der Waals surface area contributed by atoms with E-state index >= 15 is 0 Å². The number of urea groups is 1. The van der Waals surface area contributed by atoms with Gasteiger partial charge in [0.2, 0.25) is 0 Å². The lowest BCUT2D eigenvalue weighted by molar-refractivity contribution is -0.149. The number of amides is 2. The summed E-state index contributed by atoms with van der Waals surface area (Å²) in [6.07, 6.45) is 3.39. The fourth-order valence-corrected chi connectivity index (χ4v) is 5.41. The molecule has 146 valence electrons. The van der Waals surface area contributed by atoms with Crippen LogP contribution in [0.3, 0.4) is 0 Å². The Hall–Kier alpha value is -1.79. The van der Waals surface area contributed by atoms with Gasteiger partial charge >= 0.3 is 12.0 Å². The van der Waals surface area contributed by atoms with Crippen molar-refractivity contribution in [2.24, 2.45) is 11.3 Å². The van der Waals surface area contributed by atoms with Gasteiger partial charge in [0.15, 0.2) is 0 Å². The van der Waals surface area contributed by atoms with E-state index in [4.69, 9.17) is 11.6 Å². The fraction of sp³-hybridized carbons (Fsp3) is 0.600. The van der Waals surface area contributed by atoms with E-state index in [9.17, 15) is 14.7 Å². The van der Waals surface area contributed by atoms with Gasteiger partial charge in [0.25, 0.3) is 0 Å². The first-order chi connectivity index (χ1) is 12.9. The highest BCUT2D eigenvalue weighted by molar-refractivity contribution is 6.30. The monoisotopic (exact) mass is 391 g/mol. The van der Waals surface area contributed by atoms with E-state index in [0.717, 1.165) is 31.4 Å². The Bertz CT molecular complexity index is 740. The summed E-state index contributed by atoms with van der Waals surface area (Å²) in [6.45, 7) is 1.78. The molecule has 3 fully saturated rings. The Kier molecular flexibility index (Phi) is 4.80. The normalized spacial score (nSPS) is 33.3. The molecule has 7 heteroatoms. The van der Waals surface area contributed by atoms with Crippen molar-refractivity contribution in [1.82, 2.24) is 15.1 Å². The number of likely N-dealkylation sites (N-methyl/N-ethyl adjacent to an activating group) is 1. The molecule has 2 aliphatic heterocycles. The molecule has 6 nitrogen and oxygen atoms in total. The molecule has 2 unspecified atom stereocenters. The summed E-state index contributed by atoms with van der Waals surface area (Å²) in [6, 6.07) is 7.73. The molecular weight excluding hydrogens is 366 g/mol. The Morgan fingerprint density at radius 3 is 2.67 bits per heavy atom. The first kappa shape index (κ1) is 18.6. The molecule has 0 spiro atoms. The van der Waals surface area contributed by atoms with Crippen LogP contribution >= 0.6 is 11.6 Å². The molecule has 0 radical (unpaired) electrons. The second-order valence-electron chi connectivity index (χ2n) is 8.25. The molecule has 1 aromatic carbocycles. The van der Waals surface area contributed by atoms with Gasteiger partial charge in [-0.25, -0.2) is 4.79 Å². The lowest BCUT2D eigenvalue weighted by Crippen LogP contribution is -2.47. The molecule has 27 heavy (non-hydrogen) atoms. The average molecular weight is 392 g/mol. The number of carbonyl (C=O) groups excluding carboxylic acids is 1. The third-order valence-corrected chi connectivity index (χ3v) is 7.01. The molecule has 4 atom stereocenters. The highest BCUT2D eigenvalue weighted by atomic mass is 35.5. The van der Waals surface area contributed by atoms with Gasteiger partial charge in [0.1, 0.15) is 0 Å². The van der Waals surface area contributed by atoms with Crippen molar-refractivity contribution in [1.29, 1.82) is 0 Å². The Labute approximate surface area is 164 Å². The number of halogens is 1. The fourth-order valence-electron chi connectivity index (χ4n) is 5.29. The number of hydrogen-bond donors (Lipinski definition) is 2. The molecule has 2 saturated heterocycles. The molecule has 1 aliphatic carbocycles. The van der Waals surface area contributed by atoms with Crippen molar-refractivity contribution in [3.8, 4) is 0 Å². The highest BCUT2D eigenvalue weighted by Crippen LogP contribution is 2.49. The van der Waals surface area contributed by atoms with E-state index in [1.165, 1.54) is 0 Å². The first-order valence-electron chi connectivity index (χ1n) is 9.65. The zero-order valence-electron chi connectivity index (χ0n) is 15.5. The van der Waals surface area contributed by atoms with Crippen molar-refractivity contribution in [3.63, 3.8) is 0 Å². The quantitative estimate of drug-likeness (QED) is 0.830. The smallest absolute Gasteiger partial charge is 0.317 e. The van der Waals surface area contributed by atoms with Crippen molar-refractivity contribution in [2.75, 3.05) is 26.7 Å². The second-order valence-corrected chi connectivity index (χ2v) is 8.69. The maximum atomic E-state index is 12.9. The minimum Gasteiger partial charge on any atom is -0.481 e.